The lowest BCUT2D eigenvalue weighted by atomic mass is 9.77. The first-order valence-corrected chi connectivity index (χ1v) is 20.7. The number of methoxy groups -OCH3 is 1. The summed E-state index contributed by atoms with van der Waals surface area (Å²) in [4.78, 5) is 28.1. The predicted molar refractivity (Wildman–Crippen MR) is 214 cm³/mol. The molecule has 55 heavy (non-hydrogen) atoms. The topological polar surface area (TPSA) is 173 Å². The number of hydrogen-bond donors (Lipinski definition) is 5. The van der Waals surface area contributed by atoms with Crippen molar-refractivity contribution in [2.45, 2.75) is 103 Å². The predicted octanol–water partition coefficient (Wildman–Crippen LogP) is 7.46. The van der Waals surface area contributed by atoms with E-state index in [1.165, 1.54) is 50.7 Å². The number of ketones is 1. The quantitative estimate of drug-likeness (QED) is 0.150. The van der Waals surface area contributed by atoms with E-state index in [1.807, 2.05) is 47.6 Å². The number of fused-ring (bicyclic) bond motifs is 10. The van der Waals surface area contributed by atoms with Gasteiger partial charge in [0.05, 0.1) is 51.9 Å². The first-order chi connectivity index (χ1) is 25.8. The fraction of sp³-hybridized carbons (Fsp3) is 0.561. The number of phenols is 3. The van der Waals surface area contributed by atoms with E-state index >= 15 is 0 Å². The van der Waals surface area contributed by atoms with Crippen LogP contribution in [-0.4, -0.2) is 86.7 Å². The standard InChI is InChI=1S/C41H53NO11S2/c1-18-12-11-13-19(2)38(48)42-29-28(39-54-16-17-55-39)32(45)25-26(33(29)46)31(44)22(5)36-27(25)37(47)41(9,53-36)50-15-14-24(49-10)20(3)30(43)21(4)35-23(6)34(18)51-40(7,8)52-35/h11-15,18,20-21,23-24,30,34-35,39,43-46H,16-17H2,1-10H3,(H,42,48)/b12-11+,15-14+,19-13-/t18-,20+,21-,23+,24-,30+,34-,35+,41-/m0/s1. The van der Waals surface area contributed by atoms with Crippen molar-refractivity contribution in [1.29, 1.82) is 0 Å². The van der Waals surface area contributed by atoms with Gasteiger partial charge in [0, 0.05) is 71.3 Å². The number of ether oxygens (including phenoxy) is 5. The maximum Gasteiger partial charge on any atom is 0.312 e. The van der Waals surface area contributed by atoms with Crippen molar-refractivity contribution in [2.24, 2.45) is 23.7 Å². The smallest absolute Gasteiger partial charge is 0.312 e. The van der Waals surface area contributed by atoms with Gasteiger partial charge in [-0.05, 0) is 33.8 Å². The van der Waals surface area contributed by atoms with Crippen LogP contribution in [0.15, 0.2) is 36.1 Å². The Bertz CT molecular complexity index is 1950. The van der Waals surface area contributed by atoms with Crippen LogP contribution < -0.4 is 10.1 Å². The number of carbonyl (C=O) groups is 2. The van der Waals surface area contributed by atoms with E-state index in [0.29, 0.717) is 5.57 Å². The number of aromatic hydroxyl groups is 3. The van der Waals surface area contributed by atoms with Gasteiger partial charge < -0.3 is 49.4 Å². The summed E-state index contributed by atoms with van der Waals surface area (Å²) in [5.74, 6) is -4.90. The molecule has 300 valence electrons. The molecule has 0 unspecified atom stereocenters. The number of aliphatic hydroxyl groups excluding tert-OH is 1. The number of nitrogens with one attached hydrogen (secondary N) is 1. The molecule has 7 bridgehead atoms. The first-order valence-electron chi connectivity index (χ1n) is 18.6. The van der Waals surface area contributed by atoms with Crippen LogP contribution in [0.3, 0.4) is 0 Å². The van der Waals surface area contributed by atoms with Gasteiger partial charge in [-0.2, -0.15) is 0 Å². The van der Waals surface area contributed by atoms with Crippen LogP contribution in [0.1, 0.15) is 81.5 Å². The van der Waals surface area contributed by atoms with Gasteiger partial charge in [-0.15, -0.1) is 23.5 Å². The second kappa shape index (κ2) is 15.5. The summed E-state index contributed by atoms with van der Waals surface area (Å²) < 4.78 is 30.4. The average molecular weight is 800 g/mol. The minimum absolute atomic E-state index is 0.00639. The summed E-state index contributed by atoms with van der Waals surface area (Å²) in [5, 5.41) is 49.8. The molecular weight excluding hydrogens is 747 g/mol. The number of allylic oxidation sites excluding steroid dienone is 2. The lowest BCUT2D eigenvalue weighted by Crippen LogP contribution is -2.56. The SMILES string of the molecule is CO[C@H]1/C=C/O[C@@]2(C)Oc3c(C)c(O)c4c(O)c(c(C5SCCS5)c(O)c4c3C2=O)NC(=O)/C(C)=C\C=C\[C@H](C)[C@@H]2OC(C)(C)O[C@H]([C@@H](C)[C@H](O)[C@@H]1C)[C@@H]2C. The van der Waals surface area contributed by atoms with E-state index in [4.69, 9.17) is 23.7 Å². The number of carbonyl (C=O) groups excluding carboxylic acids is 2. The summed E-state index contributed by atoms with van der Waals surface area (Å²) in [6.45, 7) is 16.2. The van der Waals surface area contributed by atoms with Gasteiger partial charge in [-0.1, -0.05) is 45.9 Å². The van der Waals surface area contributed by atoms with E-state index in [9.17, 15) is 30.0 Å². The normalized spacial score (nSPS) is 35.2. The molecule has 2 saturated heterocycles. The van der Waals surface area contributed by atoms with E-state index < -0.39 is 57.5 Å². The van der Waals surface area contributed by atoms with E-state index in [0.717, 1.165) is 11.5 Å². The number of thioether (sulfide) groups is 2. The van der Waals surface area contributed by atoms with Gasteiger partial charge in [0.1, 0.15) is 17.2 Å². The number of rotatable bonds is 2. The molecule has 2 aromatic carbocycles. The highest BCUT2D eigenvalue weighted by atomic mass is 32.2. The Hall–Kier alpha value is -3.40. The van der Waals surface area contributed by atoms with Crippen molar-refractivity contribution in [2.75, 3.05) is 23.9 Å². The lowest BCUT2D eigenvalue weighted by molar-refractivity contribution is -0.336. The van der Waals surface area contributed by atoms with Gasteiger partial charge >= 0.3 is 5.79 Å². The third kappa shape index (κ3) is 7.34. The molecule has 0 aliphatic carbocycles. The highest BCUT2D eigenvalue weighted by molar-refractivity contribution is 8.19. The number of benzene rings is 2. The molecule has 0 saturated carbocycles. The molecule has 2 fully saturated rings. The fourth-order valence-corrected chi connectivity index (χ4v) is 11.1. The van der Waals surface area contributed by atoms with Gasteiger partial charge in [0.25, 0.3) is 11.7 Å². The molecule has 0 radical (unpaired) electrons. The van der Waals surface area contributed by atoms with E-state index in [2.05, 4.69) is 5.32 Å². The zero-order chi connectivity index (χ0) is 40.3. The zero-order valence-electron chi connectivity index (χ0n) is 33.0. The molecule has 0 spiro atoms. The van der Waals surface area contributed by atoms with Gasteiger partial charge in [-0.25, -0.2) is 0 Å². The Labute approximate surface area is 330 Å². The number of aliphatic hydroxyl groups is 1. The van der Waals surface area contributed by atoms with Gasteiger partial charge in [-0.3, -0.25) is 9.59 Å². The maximum absolute atomic E-state index is 14.4. The monoisotopic (exact) mass is 799 g/mol. The largest absolute Gasteiger partial charge is 0.507 e. The average Bonchev–Trinajstić information content (AvgIpc) is 3.76. The Morgan fingerprint density at radius 1 is 0.873 bits per heavy atom. The summed E-state index contributed by atoms with van der Waals surface area (Å²) in [6.07, 6.45) is 6.08. The van der Waals surface area contributed by atoms with Crippen molar-refractivity contribution in [3.63, 3.8) is 0 Å². The van der Waals surface area contributed by atoms with Crippen LogP contribution in [0.4, 0.5) is 5.69 Å². The zero-order valence-corrected chi connectivity index (χ0v) is 34.6. The van der Waals surface area contributed by atoms with Crippen LogP contribution in [0, 0.1) is 30.6 Å². The molecule has 5 heterocycles. The molecular formula is C41H53NO11S2. The second-order valence-corrected chi connectivity index (χ2v) is 18.4. The summed E-state index contributed by atoms with van der Waals surface area (Å²) in [7, 11) is 1.52. The molecule has 12 nitrogen and oxygen atoms in total. The Morgan fingerprint density at radius 3 is 2.18 bits per heavy atom. The molecule has 2 aromatic rings. The first kappa shape index (κ1) is 41.2. The van der Waals surface area contributed by atoms with Gasteiger partial charge in [0.15, 0.2) is 11.5 Å². The van der Waals surface area contributed by atoms with Crippen molar-refractivity contribution in [3.05, 3.63) is 52.8 Å². The minimum atomic E-state index is -1.93. The second-order valence-electron chi connectivity index (χ2n) is 15.7. The van der Waals surface area contributed by atoms with Crippen LogP contribution in [0.5, 0.6) is 23.0 Å². The Balaban J connectivity index is 1.52. The minimum Gasteiger partial charge on any atom is -0.507 e. The molecule has 14 heteroatoms. The Kier molecular flexibility index (Phi) is 11.6. The van der Waals surface area contributed by atoms with Gasteiger partial charge in [0.2, 0.25) is 0 Å². The summed E-state index contributed by atoms with van der Waals surface area (Å²) >= 11 is 3.05. The van der Waals surface area contributed by atoms with Crippen LogP contribution in [0.25, 0.3) is 10.8 Å². The third-order valence-electron chi connectivity index (χ3n) is 11.4. The van der Waals surface area contributed by atoms with E-state index in [-0.39, 0.29) is 74.6 Å². The lowest BCUT2D eigenvalue weighted by Gasteiger charge is -2.49. The third-order valence-corrected chi connectivity index (χ3v) is 14.4. The molecule has 0 aromatic heterocycles. The molecule has 5 N–H and O–H groups in total. The summed E-state index contributed by atoms with van der Waals surface area (Å²) in [5.41, 5.74) is 0.534. The number of Topliss-reactive ketones (excluding diaryl/α,β-unsaturated/α-hetero) is 1. The number of amides is 1. The van der Waals surface area contributed by atoms with Crippen LogP contribution in [0.2, 0.25) is 0 Å². The molecule has 5 aliphatic heterocycles. The van der Waals surface area contributed by atoms with Crippen LogP contribution in [-0.2, 0) is 23.7 Å². The number of phenolic OH excluding ortho intramolecular Hbond substituents is 3. The van der Waals surface area contributed by atoms with Crippen molar-refractivity contribution >= 4 is 51.7 Å². The van der Waals surface area contributed by atoms with Crippen molar-refractivity contribution in [1.82, 2.24) is 0 Å². The number of anilines is 1. The number of hydrogen-bond acceptors (Lipinski definition) is 13. The Morgan fingerprint density at radius 2 is 1.53 bits per heavy atom. The van der Waals surface area contributed by atoms with Crippen molar-refractivity contribution in [3.8, 4) is 23.0 Å². The van der Waals surface area contributed by atoms with E-state index in [1.54, 1.807) is 25.2 Å². The van der Waals surface area contributed by atoms with Crippen molar-refractivity contribution < 1.29 is 53.7 Å². The summed E-state index contributed by atoms with van der Waals surface area (Å²) in [6, 6.07) is 0. The molecule has 1 amide bonds. The maximum atomic E-state index is 14.4. The van der Waals surface area contributed by atoms with Crippen LogP contribution >= 0.6 is 23.5 Å². The molecule has 9 atom stereocenters. The highest BCUT2D eigenvalue weighted by Crippen LogP contribution is 2.60. The fourth-order valence-electron chi connectivity index (χ4n) is 8.20. The molecule has 5 aliphatic rings. The molecule has 7 rings (SSSR count). The highest BCUT2D eigenvalue weighted by Gasteiger charge is 2.51.